The Bertz CT molecular complexity index is 1330. The predicted octanol–water partition coefficient (Wildman–Crippen LogP) is 4.41. The monoisotopic (exact) mass is 481 g/mol. The fraction of sp³-hybridized carbons (Fsp3) is 0.409. The quantitative estimate of drug-likeness (QED) is 0.448. The van der Waals surface area contributed by atoms with Crippen molar-refractivity contribution in [2.75, 3.05) is 25.5 Å². The molecule has 11 heteroatoms. The topological polar surface area (TPSA) is 97.5 Å². The first kappa shape index (κ1) is 20.8. The van der Waals surface area contributed by atoms with Crippen LogP contribution in [0.4, 0.5) is 9.93 Å². The van der Waals surface area contributed by atoms with Gasteiger partial charge in [-0.1, -0.05) is 11.3 Å². The number of piperidine rings is 1. The Morgan fingerprint density at radius 3 is 2.82 bits per heavy atom. The molecule has 2 fully saturated rings. The van der Waals surface area contributed by atoms with Crippen LogP contribution in [0.3, 0.4) is 0 Å². The van der Waals surface area contributed by atoms with Crippen molar-refractivity contribution in [3.05, 3.63) is 36.0 Å². The molecule has 0 unspecified atom stereocenters. The number of ether oxygens (including phenoxy) is 1. The zero-order valence-electron chi connectivity index (χ0n) is 18.1. The second-order valence-corrected chi connectivity index (χ2v) is 10.6. The van der Waals surface area contributed by atoms with Gasteiger partial charge in [0.2, 0.25) is 5.16 Å². The van der Waals surface area contributed by atoms with Gasteiger partial charge in [-0.25, -0.2) is 9.78 Å². The van der Waals surface area contributed by atoms with Crippen LogP contribution >= 0.6 is 23.1 Å². The Balaban J connectivity index is 1.16. The molecular weight excluding hydrogens is 458 g/mol. The number of hydrogen-bond acceptors (Lipinski definition) is 9. The Hall–Kier alpha value is -2.76. The van der Waals surface area contributed by atoms with E-state index in [1.165, 1.54) is 35.9 Å². The highest BCUT2D eigenvalue weighted by Crippen LogP contribution is 2.39. The Kier molecular flexibility index (Phi) is 5.39. The van der Waals surface area contributed by atoms with Gasteiger partial charge < -0.3 is 9.64 Å². The number of carbonyl (C=O) groups excluding carboxylic acids is 1. The highest BCUT2D eigenvalue weighted by molar-refractivity contribution is 7.99. The van der Waals surface area contributed by atoms with Crippen LogP contribution in [0, 0.1) is 0 Å². The maximum Gasteiger partial charge on any atom is 0.413 e. The van der Waals surface area contributed by atoms with Crippen LogP contribution in [0.5, 0.6) is 0 Å². The first-order valence-corrected chi connectivity index (χ1v) is 12.7. The van der Waals surface area contributed by atoms with Crippen LogP contribution in [0.1, 0.15) is 37.3 Å². The van der Waals surface area contributed by atoms with E-state index in [1.807, 2.05) is 28.8 Å². The van der Waals surface area contributed by atoms with E-state index in [0.29, 0.717) is 11.0 Å². The van der Waals surface area contributed by atoms with Gasteiger partial charge >= 0.3 is 6.09 Å². The van der Waals surface area contributed by atoms with Gasteiger partial charge in [0.05, 0.1) is 15.9 Å². The Morgan fingerprint density at radius 1 is 1.15 bits per heavy atom. The number of anilines is 1. The van der Waals surface area contributed by atoms with Gasteiger partial charge in [0.25, 0.3) is 0 Å². The number of carbonyl (C=O) groups is 1. The van der Waals surface area contributed by atoms with Crippen molar-refractivity contribution in [3.8, 4) is 0 Å². The van der Waals surface area contributed by atoms with Crippen molar-refractivity contribution in [1.29, 1.82) is 0 Å². The van der Waals surface area contributed by atoms with Crippen molar-refractivity contribution in [1.82, 2.24) is 29.7 Å². The van der Waals surface area contributed by atoms with Crippen molar-refractivity contribution >= 4 is 50.2 Å². The van der Waals surface area contributed by atoms with Crippen LogP contribution in [-0.4, -0.2) is 62.0 Å². The third-order valence-electron chi connectivity index (χ3n) is 5.97. The molecule has 3 aromatic heterocycles. The fourth-order valence-corrected chi connectivity index (χ4v) is 5.73. The molecule has 0 bridgehead atoms. The predicted molar refractivity (Wildman–Crippen MR) is 127 cm³/mol. The molecule has 1 N–H and O–H groups in total. The van der Waals surface area contributed by atoms with E-state index in [9.17, 15) is 4.79 Å². The van der Waals surface area contributed by atoms with Gasteiger partial charge in [0.15, 0.2) is 10.8 Å². The molecule has 6 rings (SSSR count). The third-order valence-corrected chi connectivity index (χ3v) is 7.83. The van der Waals surface area contributed by atoms with Gasteiger partial charge in [0, 0.05) is 23.9 Å². The van der Waals surface area contributed by atoms with E-state index in [-0.39, 0.29) is 6.10 Å². The van der Waals surface area contributed by atoms with Crippen LogP contribution in [0.15, 0.2) is 40.4 Å². The minimum atomic E-state index is -0.439. The lowest BCUT2D eigenvalue weighted by molar-refractivity contribution is 0.0662. The summed E-state index contributed by atoms with van der Waals surface area (Å²) in [5, 5.41) is 17.4. The summed E-state index contributed by atoms with van der Waals surface area (Å²) >= 11 is 2.95. The van der Waals surface area contributed by atoms with Gasteiger partial charge in [-0.3, -0.25) is 5.32 Å². The number of aromatic nitrogens is 5. The molecule has 1 aromatic carbocycles. The normalized spacial score (nSPS) is 17.6. The van der Waals surface area contributed by atoms with Crippen molar-refractivity contribution in [2.24, 2.45) is 0 Å². The van der Waals surface area contributed by atoms with Crippen LogP contribution < -0.4 is 5.32 Å². The highest BCUT2D eigenvalue weighted by Gasteiger charge is 2.26. The lowest BCUT2D eigenvalue weighted by Gasteiger charge is -2.28. The number of hydrogen-bond donors (Lipinski definition) is 1. The molecule has 1 saturated carbocycles. The second kappa shape index (κ2) is 8.54. The maximum absolute atomic E-state index is 12.3. The van der Waals surface area contributed by atoms with Crippen LogP contribution in [0.25, 0.3) is 15.9 Å². The summed E-state index contributed by atoms with van der Waals surface area (Å²) in [6.07, 6.45) is 3.65. The number of benzene rings is 1. The van der Waals surface area contributed by atoms with Crippen molar-refractivity contribution in [3.63, 3.8) is 0 Å². The molecule has 4 aromatic rings. The van der Waals surface area contributed by atoms with Gasteiger partial charge in [-0.15, -0.1) is 10.2 Å². The minimum Gasteiger partial charge on any atom is -0.446 e. The zero-order chi connectivity index (χ0) is 22.4. The maximum atomic E-state index is 12.3. The highest BCUT2D eigenvalue weighted by atomic mass is 32.2. The average molecular weight is 482 g/mol. The lowest BCUT2D eigenvalue weighted by Crippen LogP contribution is -2.36. The second-order valence-electron chi connectivity index (χ2n) is 8.57. The number of likely N-dealkylation sites (tertiary alicyclic amines) is 1. The van der Waals surface area contributed by atoms with E-state index < -0.39 is 6.09 Å². The summed E-state index contributed by atoms with van der Waals surface area (Å²) in [6, 6.07) is 10.0. The molecule has 0 radical (unpaired) electrons. The minimum absolute atomic E-state index is 0.0365. The molecule has 0 atom stereocenters. The molecule has 1 saturated heterocycles. The van der Waals surface area contributed by atoms with E-state index >= 15 is 0 Å². The molecule has 33 heavy (non-hydrogen) atoms. The summed E-state index contributed by atoms with van der Waals surface area (Å²) in [4.78, 5) is 20.1. The molecule has 1 amide bonds. The molecular formula is C22H23N7O2S2. The lowest BCUT2D eigenvalue weighted by atomic mass is 10.1. The first-order chi connectivity index (χ1) is 16.1. The third kappa shape index (κ3) is 4.53. The molecule has 1 aliphatic carbocycles. The smallest absolute Gasteiger partial charge is 0.413 e. The first-order valence-electron chi connectivity index (χ1n) is 11.1. The standard InChI is InChI=1S/C22H23N7O2S2/c1-28-10-8-14(9-11-28)31-22(30)24-20-23-17-5-4-15(12-18(17)33-20)32-21-26-25-19-7-6-16(13-2-3-13)27-29(19)21/h4-7,12-14H,2-3,8-11H2,1H3,(H,23,24,30). The molecule has 170 valence electrons. The summed E-state index contributed by atoms with van der Waals surface area (Å²) < 4.78 is 8.37. The number of thiazole rings is 1. The van der Waals surface area contributed by atoms with Gasteiger partial charge in [0.1, 0.15) is 6.10 Å². The summed E-state index contributed by atoms with van der Waals surface area (Å²) in [5.41, 5.74) is 2.68. The van der Waals surface area contributed by atoms with Gasteiger partial charge in [-0.05, 0) is 74.8 Å². The largest absolute Gasteiger partial charge is 0.446 e. The number of nitrogens with zero attached hydrogens (tertiary/aromatic N) is 6. The van der Waals surface area contributed by atoms with E-state index in [0.717, 1.165) is 57.5 Å². The SMILES string of the molecule is CN1CCC(OC(=O)Nc2nc3ccc(Sc4nnc5ccc(C6CC6)nn45)cc3s2)CC1. The van der Waals surface area contributed by atoms with E-state index in [2.05, 4.69) is 38.5 Å². The summed E-state index contributed by atoms with van der Waals surface area (Å²) in [5.74, 6) is 0.570. The van der Waals surface area contributed by atoms with Crippen LogP contribution in [0.2, 0.25) is 0 Å². The molecule has 1 aliphatic heterocycles. The fourth-order valence-electron chi connectivity index (χ4n) is 3.94. The van der Waals surface area contributed by atoms with E-state index in [4.69, 9.17) is 9.84 Å². The number of fused-ring (bicyclic) bond motifs is 2. The molecule has 9 nitrogen and oxygen atoms in total. The molecule has 2 aliphatic rings. The van der Waals surface area contributed by atoms with Crippen LogP contribution in [-0.2, 0) is 4.74 Å². The molecule has 4 heterocycles. The summed E-state index contributed by atoms with van der Waals surface area (Å²) in [7, 11) is 2.08. The number of rotatable bonds is 5. The van der Waals surface area contributed by atoms with Gasteiger partial charge in [-0.2, -0.15) is 9.61 Å². The average Bonchev–Trinajstić information content (AvgIpc) is 3.48. The summed E-state index contributed by atoms with van der Waals surface area (Å²) in [6.45, 7) is 1.89. The number of nitrogens with one attached hydrogen (secondary N) is 1. The number of amides is 1. The van der Waals surface area contributed by atoms with Crippen molar-refractivity contribution < 1.29 is 9.53 Å². The molecule has 0 spiro atoms. The zero-order valence-corrected chi connectivity index (χ0v) is 19.7. The van der Waals surface area contributed by atoms with E-state index in [1.54, 1.807) is 0 Å². The Morgan fingerprint density at radius 2 is 2.00 bits per heavy atom. The Labute approximate surface area is 198 Å². The van der Waals surface area contributed by atoms with Crippen molar-refractivity contribution in [2.45, 2.75) is 47.8 Å².